The van der Waals surface area contributed by atoms with E-state index in [1.165, 1.54) is 11.1 Å². The number of carbonyl (C=O) groups excluding carboxylic acids is 2. The molecule has 0 unspecified atom stereocenters. The van der Waals surface area contributed by atoms with E-state index in [-0.39, 0.29) is 24.8 Å². The van der Waals surface area contributed by atoms with Crippen LogP contribution in [0.2, 0.25) is 0 Å². The van der Waals surface area contributed by atoms with E-state index in [4.69, 9.17) is 4.74 Å². The summed E-state index contributed by atoms with van der Waals surface area (Å²) in [6.07, 6.45) is 2.29. The Hall–Kier alpha value is -1.98. The van der Waals surface area contributed by atoms with Crippen LogP contribution in [0, 0.1) is 5.82 Å². The monoisotopic (exact) mass is 268 g/mol. The van der Waals surface area contributed by atoms with Crippen LogP contribution in [0.4, 0.5) is 4.39 Å². The molecule has 0 aliphatic heterocycles. The number of ether oxygens (including phenoxy) is 1. The number of aromatic nitrogens is 1. The Morgan fingerprint density at radius 3 is 2.63 bits per heavy atom. The smallest absolute Gasteiger partial charge is 0.325 e. The summed E-state index contributed by atoms with van der Waals surface area (Å²) in [7, 11) is 0. The molecule has 19 heavy (non-hydrogen) atoms. The zero-order chi connectivity index (χ0) is 14.4. The van der Waals surface area contributed by atoms with Crippen LogP contribution in [0.15, 0.2) is 18.5 Å². The number of amides is 1. The van der Waals surface area contributed by atoms with Crippen molar-refractivity contribution in [2.45, 2.75) is 26.8 Å². The van der Waals surface area contributed by atoms with Crippen molar-refractivity contribution < 1.29 is 18.7 Å². The van der Waals surface area contributed by atoms with E-state index in [0.29, 0.717) is 0 Å². The van der Waals surface area contributed by atoms with Gasteiger partial charge in [0.05, 0.1) is 18.4 Å². The van der Waals surface area contributed by atoms with Crippen molar-refractivity contribution in [1.29, 1.82) is 0 Å². The highest BCUT2D eigenvalue weighted by molar-refractivity contribution is 5.95. The second-order valence-corrected chi connectivity index (χ2v) is 4.22. The van der Waals surface area contributed by atoms with Gasteiger partial charge in [-0.2, -0.15) is 0 Å². The van der Waals surface area contributed by atoms with Crippen LogP contribution >= 0.6 is 0 Å². The minimum Gasteiger partial charge on any atom is -0.465 e. The molecule has 1 aromatic heterocycles. The topological polar surface area (TPSA) is 59.5 Å². The van der Waals surface area contributed by atoms with Gasteiger partial charge in [-0.3, -0.25) is 14.6 Å². The van der Waals surface area contributed by atoms with E-state index in [9.17, 15) is 14.0 Å². The van der Waals surface area contributed by atoms with Crippen LogP contribution in [0.1, 0.15) is 31.1 Å². The predicted octanol–water partition coefficient (Wildman–Crippen LogP) is 1.63. The highest BCUT2D eigenvalue weighted by Gasteiger charge is 2.22. The van der Waals surface area contributed by atoms with E-state index < -0.39 is 17.7 Å². The Morgan fingerprint density at radius 2 is 2.11 bits per heavy atom. The molecule has 0 aromatic carbocycles. The van der Waals surface area contributed by atoms with Crippen LogP contribution in [0.3, 0.4) is 0 Å². The molecule has 0 atom stereocenters. The van der Waals surface area contributed by atoms with Gasteiger partial charge in [0.25, 0.3) is 5.91 Å². The van der Waals surface area contributed by atoms with E-state index in [1.807, 2.05) is 0 Å². The molecule has 5 nitrogen and oxygen atoms in total. The molecule has 1 heterocycles. The summed E-state index contributed by atoms with van der Waals surface area (Å²) in [6, 6.07) is 0.885. The van der Waals surface area contributed by atoms with Crippen molar-refractivity contribution in [3.05, 3.63) is 29.8 Å². The Balaban J connectivity index is 2.87. The minimum absolute atomic E-state index is 0.109. The second-order valence-electron chi connectivity index (χ2n) is 4.22. The first kappa shape index (κ1) is 15.1. The number of hydrogen-bond donors (Lipinski definition) is 0. The lowest BCUT2D eigenvalue weighted by molar-refractivity contribution is -0.144. The molecule has 1 rings (SSSR count). The van der Waals surface area contributed by atoms with Gasteiger partial charge in [-0.25, -0.2) is 4.39 Å². The molecule has 0 saturated carbocycles. The van der Waals surface area contributed by atoms with Crippen molar-refractivity contribution in [1.82, 2.24) is 9.88 Å². The van der Waals surface area contributed by atoms with Crippen LogP contribution in [0.25, 0.3) is 0 Å². The lowest BCUT2D eigenvalue weighted by Gasteiger charge is -2.25. The molecule has 0 aliphatic carbocycles. The highest BCUT2D eigenvalue weighted by atomic mass is 19.1. The highest BCUT2D eigenvalue weighted by Crippen LogP contribution is 2.09. The van der Waals surface area contributed by atoms with Crippen molar-refractivity contribution >= 4 is 11.9 Å². The second kappa shape index (κ2) is 6.82. The fourth-order valence-corrected chi connectivity index (χ4v) is 1.53. The summed E-state index contributed by atoms with van der Waals surface area (Å²) in [5.74, 6) is -1.53. The van der Waals surface area contributed by atoms with Crippen LogP contribution in [-0.4, -0.2) is 41.0 Å². The quantitative estimate of drug-likeness (QED) is 0.762. The number of rotatable bonds is 5. The summed E-state index contributed by atoms with van der Waals surface area (Å²) < 4.78 is 17.9. The molecule has 6 heteroatoms. The van der Waals surface area contributed by atoms with Gasteiger partial charge in [-0.15, -0.1) is 0 Å². The summed E-state index contributed by atoms with van der Waals surface area (Å²) in [5.41, 5.74) is 0.109. The first-order chi connectivity index (χ1) is 8.95. The molecule has 0 fully saturated rings. The van der Waals surface area contributed by atoms with Crippen molar-refractivity contribution in [3.63, 3.8) is 0 Å². The molecule has 0 radical (unpaired) electrons. The van der Waals surface area contributed by atoms with Crippen LogP contribution in [0.5, 0.6) is 0 Å². The van der Waals surface area contributed by atoms with E-state index >= 15 is 0 Å². The lowest BCUT2D eigenvalue weighted by Crippen LogP contribution is -2.41. The molecule has 0 spiro atoms. The number of carbonyl (C=O) groups is 2. The largest absolute Gasteiger partial charge is 0.465 e. The third-order valence-electron chi connectivity index (χ3n) is 2.44. The van der Waals surface area contributed by atoms with Gasteiger partial charge in [0.1, 0.15) is 12.4 Å². The maximum absolute atomic E-state index is 13.1. The minimum atomic E-state index is -0.592. The summed E-state index contributed by atoms with van der Waals surface area (Å²) >= 11 is 0. The standard InChI is InChI=1S/C13H17FN2O3/c1-4-19-12(17)8-16(9(2)3)13(18)10-5-11(14)7-15-6-10/h5-7,9H,4,8H2,1-3H3. The molecule has 0 aliphatic rings. The molecular weight excluding hydrogens is 251 g/mol. The Labute approximate surface area is 111 Å². The lowest BCUT2D eigenvalue weighted by atomic mass is 10.2. The molecule has 0 N–H and O–H groups in total. The summed E-state index contributed by atoms with van der Waals surface area (Å²) in [5, 5.41) is 0. The average molecular weight is 268 g/mol. The van der Waals surface area contributed by atoms with E-state index in [0.717, 1.165) is 12.3 Å². The SMILES string of the molecule is CCOC(=O)CN(C(=O)c1cncc(F)c1)C(C)C. The van der Waals surface area contributed by atoms with E-state index in [2.05, 4.69) is 4.98 Å². The fraction of sp³-hybridized carbons (Fsp3) is 0.462. The number of esters is 1. The third-order valence-corrected chi connectivity index (χ3v) is 2.44. The maximum atomic E-state index is 13.1. The first-order valence-electron chi connectivity index (χ1n) is 6.02. The number of pyridine rings is 1. The van der Waals surface area contributed by atoms with Gasteiger partial charge in [0, 0.05) is 12.2 Å². The average Bonchev–Trinajstić information content (AvgIpc) is 2.35. The first-order valence-corrected chi connectivity index (χ1v) is 6.02. The number of hydrogen-bond acceptors (Lipinski definition) is 4. The number of nitrogens with zero attached hydrogens (tertiary/aromatic N) is 2. The molecule has 0 saturated heterocycles. The maximum Gasteiger partial charge on any atom is 0.325 e. The number of halogens is 1. The van der Waals surface area contributed by atoms with Gasteiger partial charge < -0.3 is 9.64 Å². The fourth-order valence-electron chi connectivity index (χ4n) is 1.53. The Morgan fingerprint density at radius 1 is 1.42 bits per heavy atom. The molecule has 104 valence electrons. The van der Waals surface area contributed by atoms with Crippen molar-refractivity contribution in [2.24, 2.45) is 0 Å². The summed E-state index contributed by atoms with van der Waals surface area (Å²) in [4.78, 5) is 28.6. The Bertz CT molecular complexity index is 463. The van der Waals surface area contributed by atoms with Gasteiger partial charge in [0.2, 0.25) is 0 Å². The van der Waals surface area contributed by atoms with E-state index in [1.54, 1.807) is 20.8 Å². The molecule has 1 amide bonds. The van der Waals surface area contributed by atoms with Crippen molar-refractivity contribution in [2.75, 3.05) is 13.2 Å². The zero-order valence-corrected chi connectivity index (χ0v) is 11.2. The van der Waals surface area contributed by atoms with Gasteiger partial charge in [-0.1, -0.05) is 0 Å². The molecule has 1 aromatic rings. The summed E-state index contributed by atoms with van der Waals surface area (Å²) in [6.45, 7) is 5.31. The Kier molecular flexibility index (Phi) is 5.41. The van der Waals surface area contributed by atoms with Crippen LogP contribution < -0.4 is 0 Å². The van der Waals surface area contributed by atoms with Gasteiger partial charge >= 0.3 is 5.97 Å². The van der Waals surface area contributed by atoms with Gasteiger partial charge in [0.15, 0.2) is 0 Å². The zero-order valence-electron chi connectivity index (χ0n) is 11.2. The third kappa shape index (κ3) is 4.31. The normalized spacial score (nSPS) is 10.4. The molecular formula is C13H17FN2O3. The van der Waals surface area contributed by atoms with Crippen LogP contribution in [-0.2, 0) is 9.53 Å². The van der Waals surface area contributed by atoms with Crippen molar-refractivity contribution in [3.8, 4) is 0 Å². The van der Waals surface area contributed by atoms with Gasteiger partial charge in [-0.05, 0) is 26.8 Å². The predicted molar refractivity (Wildman–Crippen MR) is 67.0 cm³/mol. The molecule has 0 bridgehead atoms.